The van der Waals surface area contributed by atoms with Gasteiger partial charge in [0.15, 0.2) is 0 Å². The van der Waals surface area contributed by atoms with Crippen LogP contribution in [0.4, 0.5) is 5.69 Å². The highest BCUT2D eigenvalue weighted by Crippen LogP contribution is 2.26. The van der Waals surface area contributed by atoms with Gasteiger partial charge in [-0.2, -0.15) is 0 Å². The SMILES string of the molecule is Cc1ccc(N2CCOCC2CC(=O)O)cc1Cl. The molecule has 2 rings (SSSR count). The summed E-state index contributed by atoms with van der Waals surface area (Å²) >= 11 is 6.11. The molecule has 4 nitrogen and oxygen atoms in total. The molecular formula is C13H16ClNO3. The number of aryl methyl sites for hydroxylation is 1. The van der Waals surface area contributed by atoms with Gasteiger partial charge >= 0.3 is 5.97 Å². The van der Waals surface area contributed by atoms with Gasteiger partial charge in [-0.1, -0.05) is 17.7 Å². The van der Waals surface area contributed by atoms with Gasteiger partial charge in [0.05, 0.1) is 25.7 Å². The molecule has 0 aromatic heterocycles. The number of ether oxygens (including phenoxy) is 1. The topological polar surface area (TPSA) is 49.8 Å². The molecule has 1 heterocycles. The lowest BCUT2D eigenvalue weighted by Crippen LogP contribution is -2.46. The minimum atomic E-state index is -0.811. The molecule has 1 N–H and O–H groups in total. The van der Waals surface area contributed by atoms with Crippen molar-refractivity contribution in [1.82, 2.24) is 0 Å². The van der Waals surface area contributed by atoms with Gasteiger partial charge in [-0.15, -0.1) is 0 Å². The lowest BCUT2D eigenvalue weighted by Gasteiger charge is -2.36. The molecule has 1 fully saturated rings. The first-order valence-corrected chi connectivity index (χ1v) is 6.28. The summed E-state index contributed by atoms with van der Waals surface area (Å²) in [6.45, 7) is 3.69. The molecule has 0 bridgehead atoms. The maximum atomic E-state index is 10.9. The van der Waals surface area contributed by atoms with Gasteiger partial charge in [-0.3, -0.25) is 4.79 Å². The van der Waals surface area contributed by atoms with Gasteiger partial charge in [0, 0.05) is 17.3 Å². The van der Waals surface area contributed by atoms with Crippen LogP contribution in [-0.4, -0.2) is 36.9 Å². The molecule has 18 heavy (non-hydrogen) atoms. The zero-order chi connectivity index (χ0) is 13.1. The van der Waals surface area contributed by atoms with E-state index in [4.69, 9.17) is 21.4 Å². The lowest BCUT2D eigenvalue weighted by molar-refractivity contribution is -0.138. The van der Waals surface area contributed by atoms with Crippen molar-refractivity contribution in [3.8, 4) is 0 Å². The third kappa shape index (κ3) is 2.94. The zero-order valence-corrected chi connectivity index (χ0v) is 11.0. The van der Waals surface area contributed by atoms with Crippen molar-refractivity contribution in [2.75, 3.05) is 24.7 Å². The molecule has 1 unspecified atom stereocenters. The van der Waals surface area contributed by atoms with E-state index in [0.717, 1.165) is 11.3 Å². The van der Waals surface area contributed by atoms with Crippen LogP contribution in [0.25, 0.3) is 0 Å². The van der Waals surface area contributed by atoms with E-state index in [1.54, 1.807) is 0 Å². The van der Waals surface area contributed by atoms with Crippen LogP contribution in [0.3, 0.4) is 0 Å². The fraction of sp³-hybridized carbons (Fsp3) is 0.462. The number of aliphatic carboxylic acids is 1. The summed E-state index contributed by atoms with van der Waals surface area (Å²) < 4.78 is 5.35. The maximum Gasteiger partial charge on any atom is 0.305 e. The fourth-order valence-electron chi connectivity index (χ4n) is 2.13. The molecule has 1 saturated heterocycles. The number of morpholine rings is 1. The van der Waals surface area contributed by atoms with Gasteiger partial charge in [0.1, 0.15) is 0 Å². The number of hydrogen-bond donors (Lipinski definition) is 1. The van der Waals surface area contributed by atoms with Crippen LogP contribution in [0.5, 0.6) is 0 Å². The Morgan fingerprint density at radius 3 is 3.06 bits per heavy atom. The van der Waals surface area contributed by atoms with Gasteiger partial charge in [0.2, 0.25) is 0 Å². The van der Waals surface area contributed by atoms with Crippen LogP contribution in [0.2, 0.25) is 5.02 Å². The van der Waals surface area contributed by atoms with Crippen molar-refractivity contribution in [3.05, 3.63) is 28.8 Å². The molecule has 1 aliphatic rings. The minimum Gasteiger partial charge on any atom is -0.481 e. The molecule has 98 valence electrons. The Labute approximate surface area is 111 Å². The Bertz CT molecular complexity index is 450. The Kier molecular flexibility index (Phi) is 4.09. The summed E-state index contributed by atoms with van der Waals surface area (Å²) in [5.41, 5.74) is 1.98. The van der Waals surface area contributed by atoms with Crippen molar-refractivity contribution in [2.24, 2.45) is 0 Å². The van der Waals surface area contributed by atoms with E-state index in [9.17, 15) is 4.79 Å². The molecular weight excluding hydrogens is 254 g/mol. The second-order valence-corrected chi connectivity index (χ2v) is 4.86. The second-order valence-electron chi connectivity index (χ2n) is 4.45. The van der Waals surface area contributed by atoms with Crippen LogP contribution in [0.1, 0.15) is 12.0 Å². The smallest absolute Gasteiger partial charge is 0.305 e. The minimum absolute atomic E-state index is 0.0749. The van der Waals surface area contributed by atoms with Crippen molar-refractivity contribution in [2.45, 2.75) is 19.4 Å². The molecule has 1 aromatic rings. The number of carbonyl (C=O) groups is 1. The van der Waals surface area contributed by atoms with Crippen molar-refractivity contribution in [1.29, 1.82) is 0 Å². The summed E-state index contributed by atoms with van der Waals surface area (Å²) in [6.07, 6.45) is 0.0749. The third-order valence-corrected chi connectivity index (χ3v) is 3.53. The Morgan fingerprint density at radius 2 is 2.39 bits per heavy atom. The van der Waals surface area contributed by atoms with Gasteiger partial charge < -0.3 is 14.7 Å². The van der Waals surface area contributed by atoms with E-state index < -0.39 is 5.97 Å². The molecule has 0 aliphatic carbocycles. The largest absolute Gasteiger partial charge is 0.481 e. The maximum absolute atomic E-state index is 10.9. The van der Waals surface area contributed by atoms with Crippen molar-refractivity contribution in [3.63, 3.8) is 0 Å². The van der Waals surface area contributed by atoms with Crippen LogP contribution in [-0.2, 0) is 9.53 Å². The van der Waals surface area contributed by atoms with Crippen LogP contribution in [0, 0.1) is 6.92 Å². The Hall–Kier alpha value is -1.26. The summed E-state index contributed by atoms with van der Waals surface area (Å²) in [5.74, 6) is -0.811. The fourth-order valence-corrected chi connectivity index (χ4v) is 2.30. The summed E-state index contributed by atoms with van der Waals surface area (Å²) in [6, 6.07) is 5.68. The average Bonchev–Trinajstić information content (AvgIpc) is 2.33. The third-order valence-electron chi connectivity index (χ3n) is 3.12. The monoisotopic (exact) mass is 269 g/mol. The first-order valence-electron chi connectivity index (χ1n) is 5.90. The molecule has 1 aliphatic heterocycles. The molecule has 0 amide bonds. The van der Waals surface area contributed by atoms with Gasteiger partial charge in [0.25, 0.3) is 0 Å². The molecule has 0 saturated carbocycles. The standard InChI is InChI=1S/C13H16ClNO3/c1-9-2-3-10(6-12(9)14)15-4-5-18-8-11(15)7-13(16)17/h2-3,6,11H,4-5,7-8H2,1H3,(H,16,17). The molecule has 0 spiro atoms. The lowest BCUT2D eigenvalue weighted by atomic mass is 10.1. The first kappa shape index (κ1) is 13.2. The first-order chi connectivity index (χ1) is 8.58. The van der Waals surface area contributed by atoms with E-state index in [1.165, 1.54) is 0 Å². The van der Waals surface area contributed by atoms with Crippen LogP contribution in [0.15, 0.2) is 18.2 Å². The highest BCUT2D eigenvalue weighted by Gasteiger charge is 2.25. The summed E-state index contributed by atoms with van der Waals surface area (Å²) in [4.78, 5) is 12.9. The normalized spacial score (nSPS) is 19.9. The summed E-state index contributed by atoms with van der Waals surface area (Å²) in [5, 5.41) is 9.62. The highest BCUT2D eigenvalue weighted by atomic mass is 35.5. The second kappa shape index (κ2) is 5.59. The van der Waals surface area contributed by atoms with Gasteiger partial charge in [-0.25, -0.2) is 0 Å². The van der Waals surface area contributed by atoms with Crippen molar-refractivity contribution >= 4 is 23.3 Å². The Balaban J connectivity index is 2.22. The number of rotatable bonds is 3. The number of halogens is 1. The van der Waals surface area contributed by atoms with E-state index in [1.807, 2.05) is 25.1 Å². The number of carboxylic acid groups (broad SMARTS) is 1. The number of benzene rings is 1. The molecule has 1 aromatic carbocycles. The predicted molar refractivity (Wildman–Crippen MR) is 70.4 cm³/mol. The number of hydrogen-bond acceptors (Lipinski definition) is 3. The number of carboxylic acids is 1. The van der Waals surface area contributed by atoms with E-state index in [-0.39, 0.29) is 12.5 Å². The molecule has 0 radical (unpaired) electrons. The van der Waals surface area contributed by atoms with E-state index in [0.29, 0.717) is 24.8 Å². The van der Waals surface area contributed by atoms with Crippen molar-refractivity contribution < 1.29 is 14.6 Å². The molecule has 1 atom stereocenters. The van der Waals surface area contributed by atoms with Crippen LogP contribution < -0.4 is 4.90 Å². The van der Waals surface area contributed by atoms with E-state index >= 15 is 0 Å². The van der Waals surface area contributed by atoms with E-state index in [2.05, 4.69) is 4.90 Å². The van der Waals surface area contributed by atoms with Gasteiger partial charge in [-0.05, 0) is 24.6 Å². The van der Waals surface area contributed by atoms with Crippen LogP contribution >= 0.6 is 11.6 Å². The quantitative estimate of drug-likeness (QED) is 0.915. The Morgan fingerprint density at radius 1 is 1.61 bits per heavy atom. The molecule has 5 heteroatoms. The average molecular weight is 270 g/mol. The zero-order valence-electron chi connectivity index (χ0n) is 10.2. The number of anilines is 1. The number of nitrogens with zero attached hydrogens (tertiary/aromatic N) is 1. The highest BCUT2D eigenvalue weighted by molar-refractivity contribution is 6.31. The summed E-state index contributed by atoms with van der Waals surface area (Å²) in [7, 11) is 0. The predicted octanol–water partition coefficient (Wildman–Crippen LogP) is 2.33.